The number of hydrogen-bond donors (Lipinski definition) is 1. The first-order valence-electron chi connectivity index (χ1n) is 11.3. The Labute approximate surface area is 191 Å². The van der Waals surface area contributed by atoms with Crippen molar-refractivity contribution in [3.63, 3.8) is 0 Å². The standard InChI is InChI=1S/C25H28F3N2O3/c1-33-22-9-8-18(14-20(22)26)23(31)21(15-30-10-4-5-11-30)29-24(32)25(27,28)19-12-16-6-2-3-7-17(16)13-19/h2-3,6-9,14,19,21,23H,4-5,10-13,15H2,1H3,(H,29,32)/q-1/t21-,23+/m1/s1. The van der Waals surface area contributed by atoms with Crippen molar-refractivity contribution in [1.82, 2.24) is 10.2 Å². The third-order valence-corrected chi connectivity index (χ3v) is 6.71. The molecule has 1 amide bonds. The topological polar surface area (TPSA) is 64.6 Å². The Balaban J connectivity index is 1.52. The summed E-state index contributed by atoms with van der Waals surface area (Å²) in [4.78, 5) is 14.7. The number of alkyl halides is 2. The first-order valence-corrected chi connectivity index (χ1v) is 11.3. The van der Waals surface area contributed by atoms with Gasteiger partial charge in [-0.2, -0.15) is 8.78 Å². The normalized spacial score (nSPS) is 18.7. The molecule has 2 atom stereocenters. The van der Waals surface area contributed by atoms with Gasteiger partial charge in [-0.15, -0.1) is 0 Å². The number of fused-ring (bicyclic) bond motifs is 1. The van der Waals surface area contributed by atoms with E-state index in [1.165, 1.54) is 19.2 Å². The van der Waals surface area contributed by atoms with E-state index < -0.39 is 35.7 Å². The van der Waals surface area contributed by atoms with E-state index in [9.17, 15) is 14.3 Å². The number of amides is 1. The zero-order valence-electron chi connectivity index (χ0n) is 18.5. The van der Waals surface area contributed by atoms with E-state index in [4.69, 9.17) is 4.74 Å². The molecule has 0 unspecified atom stereocenters. The number of likely N-dealkylation sites (tertiary alicyclic amines) is 1. The van der Waals surface area contributed by atoms with Gasteiger partial charge in [-0.3, -0.25) is 4.79 Å². The Kier molecular flexibility index (Phi) is 6.95. The largest absolute Gasteiger partial charge is 0.847 e. The van der Waals surface area contributed by atoms with Gasteiger partial charge in [-0.25, -0.2) is 4.39 Å². The monoisotopic (exact) mass is 461 g/mol. The SMILES string of the molecule is COc1ccc([C@H]([O-])[C@@H](CN2CCCC2)NC(=O)C(F)(F)C2Cc3ccccc3C2)cc1F. The number of hydrogen-bond acceptors (Lipinski definition) is 4. The van der Waals surface area contributed by atoms with Gasteiger partial charge in [0.15, 0.2) is 11.6 Å². The van der Waals surface area contributed by atoms with Gasteiger partial charge in [0.2, 0.25) is 0 Å². The van der Waals surface area contributed by atoms with Gasteiger partial charge >= 0.3 is 5.92 Å². The van der Waals surface area contributed by atoms with Crippen molar-refractivity contribution < 1.29 is 27.8 Å². The van der Waals surface area contributed by atoms with E-state index in [1.54, 1.807) is 24.3 Å². The maximum absolute atomic E-state index is 15.2. The second kappa shape index (κ2) is 9.73. The van der Waals surface area contributed by atoms with Crippen LogP contribution in [-0.2, 0) is 17.6 Å². The van der Waals surface area contributed by atoms with Crippen LogP contribution >= 0.6 is 0 Å². The zero-order chi connectivity index (χ0) is 23.6. The van der Waals surface area contributed by atoms with Crippen LogP contribution in [0.1, 0.15) is 35.6 Å². The van der Waals surface area contributed by atoms with Gasteiger partial charge in [0.05, 0.1) is 7.11 Å². The average Bonchev–Trinajstić information content (AvgIpc) is 3.48. The minimum atomic E-state index is -3.63. The van der Waals surface area contributed by atoms with Gasteiger partial charge in [-0.1, -0.05) is 42.0 Å². The fraction of sp³-hybridized carbons (Fsp3) is 0.480. The fourth-order valence-corrected chi connectivity index (χ4v) is 4.82. The van der Waals surface area contributed by atoms with Crippen molar-refractivity contribution in [2.45, 2.75) is 43.8 Å². The van der Waals surface area contributed by atoms with E-state index in [0.717, 1.165) is 43.1 Å². The van der Waals surface area contributed by atoms with Crippen molar-refractivity contribution in [2.24, 2.45) is 5.92 Å². The summed E-state index contributed by atoms with van der Waals surface area (Å²) in [6.45, 7) is 1.59. The Bertz CT molecular complexity index is 970. The van der Waals surface area contributed by atoms with Gasteiger partial charge in [0.1, 0.15) is 0 Å². The number of ether oxygens (including phenoxy) is 1. The predicted octanol–water partition coefficient (Wildman–Crippen LogP) is 2.87. The highest BCUT2D eigenvalue weighted by atomic mass is 19.3. The van der Waals surface area contributed by atoms with Crippen LogP contribution in [0.15, 0.2) is 42.5 Å². The molecule has 1 N–H and O–H groups in total. The summed E-state index contributed by atoms with van der Waals surface area (Å²) in [5.74, 6) is -6.97. The highest BCUT2D eigenvalue weighted by molar-refractivity contribution is 5.84. The van der Waals surface area contributed by atoms with Crippen molar-refractivity contribution >= 4 is 5.91 Å². The first-order chi connectivity index (χ1) is 15.8. The van der Waals surface area contributed by atoms with Gasteiger partial charge in [-0.05, 0) is 62.0 Å². The molecule has 4 rings (SSSR count). The molecule has 0 aromatic heterocycles. The van der Waals surface area contributed by atoms with E-state index in [0.29, 0.717) is 0 Å². The van der Waals surface area contributed by atoms with E-state index >= 15 is 8.78 Å². The second-order valence-corrected chi connectivity index (χ2v) is 8.90. The van der Waals surface area contributed by atoms with Crippen LogP contribution in [0.3, 0.4) is 0 Å². The number of rotatable bonds is 8. The molecular weight excluding hydrogens is 433 g/mol. The molecule has 1 aliphatic carbocycles. The molecule has 1 heterocycles. The third kappa shape index (κ3) is 5.01. The lowest BCUT2D eigenvalue weighted by Gasteiger charge is -2.37. The minimum absolute atomic E-state index is 0.0154. The van der Waals surface area contributed by atoms with Crippen LogP contribution in [0.4, 0.5) is 13.2 Å². The number of carbonyl (C=O) groups is 1. The molecule has 1 fully saturated rings. The summed E-state index contributed by atoms with van der Waals surface area (Å²) in [6, 6.07) is 9.84. The smallest absolute Gasteiger partial charge is 0.327 e. The maximum Gasteiger partial charge on any atom is 0.327 e. The lowest BCUT2D eigenvalue weighted by molar-refractivity contribution is -0.433. The second-order valence-electron chi connectivity index (χ2n) is 8.90. The Morgan fingerprint density at radius 3 is 2.39 bits per heavy atom. The fourth-order valence-electron chi connectivity index (χ4n) is 4.82. The molecule has 1 aliphatic heterocycles. The Hall–Kier alpha value is -2.58. The highest BCUT2D eigenvalue weighted by Gasteiger charge is 2.49. The van der Waals surface area contributed by atoms with Gasteiger partial charge in [0.25, 0.3) is 5.91 Å². The Morgan fingerprint density at radius 2 is 1.82 bits per heavy atom. The van der Waals surface area contributed by atoms with E-state index in [1.807, 2.05) is 4.90 Å². The van der Waals surface area contributed by atoms with E-state index in [2.05, 4.69) is 5.32 Å². The third-order valence-electron chi connectivity index (χ3n) is 6.71. The number of benzene rings is 2. The molecule has 0 spiro atoms. The zero-order valence-corrected chi connectivity index (χ0v) is 18.5. The Morgan fingerprint density at radius 1 is 1.18 bits per heavy atom. The molecular formula is C25H28F3N2O3-. The quantitative estimate of drug-likeness (QED) is 0.657. The lowest BCUT2D eigenvalue weighted by atomic mass is 9.95. The van der Waals surface area contributed by atoms with Crippen LogP contribution in [-0.4, -0.2) is 49.5 Å². The molecule has 178 valence electrons. The number of halogens is 3. The van der Waals surface area contributed by atoms with Crippen molar-refractivity contribution in [1.29, 1.82) is 0 Å². The predicted molar refractivity (Wildman–Crippen MR) is 116 cm³/mol. The molecule has 33 heavy (non-hydrogen) atoms. The number of methoxy groups -OCH3 is 1. The summed E-state index contributed by atoms with van der Waals surface area (Å²) in [7, 11) is 1.31. The summed E-state index contributed by atoms with van der Waals surface area (Å²) in [5, 5.41) is 15.6. The summed E-state index contributed by atoms with van der Waals surface area (Å²) in [6.07, 6.45) is 0.498. The molecule has 5 nitrogen and oxygen atoms in total. The number of carbonyl (C=O) groups excluding carboxylic acids is 1. The van der Waals surface area contributed by atoms with E-state index in [-0.39, 0.29) is 30.7 Å². The molecule has 2 aromatic rings. The molecule has 0 bridgehead atoms. The van der Waals surface area contributed by atoms with Crippen LogP contribution in [0.2, 0.25) is 0 Å². The molecule has 1 saturated heterocycles. The molecule has 8 heteroatoms. The molecule has 0 saturated carbocycles. The van der Waals surface area contributed by atoms with Crippen LogP contribution < -0.4 is 15.2 Å². The summed E-state index contributed by atoms with van der Waals surface area (Å²) < 4.78 is 49.4. The maximum atomic E-state index is 15.2. The highest BCUT2D eigenvalue weighted by Crippen LogP contribution is 2.37. The number of nitrogens with zero attached hydrogens (tertiary/aromatic N) is 1. The van der Waals surface area contributed by atoms with Crippen LogP contribution in [0, 0.1) is 11.7 Å². The van der Waals surface area contributed by atoms with Gasteiger partial charge < -0.3 is 20.1 Å². The molecule has 0 radical (unpaired) electrons. The first kappa shape index (κ1) is 23.6. The number of nitrogens with one attached hydrogen (secondary N) is 1. The van der Waals surface area contributed by atoms with Crippen molar-refractivity contribution in [3.05, 3.63) is 65.0 Å². The van der Waals surface area contributed by atoms with Crippen molar-refractivity contribution in [2.75, 3.05) is 26.7 Å². The molecule has 2 aromatic carbocycles. The van der Waals surface area contributed by atoms with Gasteiger partial charge in [0, 0.05) is 18.5 Å². The van der Waals surface area contributed by atoms with Crippen LogP contribution in [0.5, 0.6) is 5.75 Å². The van der Waals surface area contributed by atoms with Crippen molar-refractivity contribution in [3.8, 4) is 5.75 Å². The average molecular weight is 462 g/mol. The minimum Gasteiger partial charge on any atom is -0.847 e. The summed E-state index contributed by atoms with van der Waals surface area (Å²) >= 11 is 0. The summed E-state index contributed by atoms with van der Waals surface area (Å²) in [5.41, 5.74) is 1.72. The lowest BCUT2D eigenvalue weighted by Crippen LogP contribution is -2.55. The van der Waals surface area contributed by atoms with Crippen LogP contribution in [0.25, 0.3) is 0 Å². The molecule has 2 aliphatic rings.